The highest BCUT2D eigenvalue weighted by atomic mass is 28.4. The molecule has 6 heteroatoms. The molecule has 0 rings (SSSR count). The van der Waals surface area contributed by atoms with Gasteiger partial charge in [-0.3, -0.25) is 0 Å². The molecule has 1 unspecified atom stereocenters. The van der Waals surface area contributed by atoms with E-state index in [1.165, 1.54) is 0 Å². The summed E-state index contributed by atoms with van der Waals surface area (Å²) >= 11 is 0. The van der Waals surface area contributed by atoms with Crippen molar-refractivity contribution in [3.8, 4) is 0 Å². The Hall–Kier alpha value is 0.271. The van der Waals surface area contributed by atoms with Crippen LogP contribution >= 0.6 is 0 Å². The fraction of sp³-hybridized carbons (Fsp3) is 0.833. The summed E-state index contributed by atoms with van der Waals surface area (Å²) in [6, 6.07) is 0. The zero-order valence-corrected chi connectivity index (χ0v) is 16.3. The molecule has 0 radical (unpaired) electrons. The van der Waals surface area contributed by atoms with Crippen molar-refractivity contribution < 1.29 is 13.0 Å². The van der Waals surface area contributed by atoms with E-state index >= 15 is 0 Å². The molecular formula is C12H30O3Si3. The lowest BCUT2D eigenvalue weighted by Crippen LogP contribution is -2.44. The van der Waals surface area contributed by atoms with Crippen LogP contribution < -0.4 is 0 Å². The van der Waals surface area contributed by atoms with E-state index in [1.807, 2.05) is 6.92 Å². The van der Waals surface area contributed by atoms with E-state index in [-0.39, 0.29) is 5.73 Å². The van der Waals surface area contributed by atoms with Crippen LogP contribution in [0.5, 0.6) is 0 Å². The second-order valence-corrected chi connectivity index (χ2v) is 13.2. The van der Waals surface area contributed by atoms with E-state index < -0.39 is 27.4 Å². The normalized spacial score (nSPS) is 13.6. The third-order valence-corrected chi connectivity index (χ3v) is 9.87. The quantitative estimate of drug-likeness (QED) is 0.458. The van der Waals surface area contributed by atoms with Crippen LogP contribution in [0.1, 0.15) is 26.7 Å². The van der Waals surface area contributed by atoms with Crippen LogP contribution in [0.25, 0.3) is 0 Å². The Kier molecular flexibility index (Phi) is 10.3. The van der Waals surface area contributed by atoms with Crippen molar-refractivity contribution in [3.05, 3.63) is 12.2 Å². The van der Waals surface area contributed by atoms with Crippen LogP contribution in [-0.4, -0.2) is 39.7 Å². The summed E-state index contributed by atoms with van der Waals surface area (Å²) < 4.78 is 18.3. The van der Waals surface area contributed by atoms with Gasteiger partial charge in [-0.15, -0.1) is 0 Å². The Morgan fingerprint density at radius 2 is 1.61 bits per heavy atom. The summed E-state index contributed by atoms with van der Waals surface area (Å²) in [5.41, 5.74) is 1.24. The molecule has 0 aliphatic rings. The third-order valence-electron chi connectivity index (χ3n) is 2.23. The molecule has 0 aliphatic heterocycles. The Morgan fingerprint density at radius 1 is 1.11 bits per heavy atom. The topological polar surface area (TPSA) is 27.7 Å². The van der Waals surface area contributed by atoms with Gasteiger partial charge in [0, 0.05) is 0 Å². The monoisotopic (exact) mass is 306 g/mol. The summed E-state index contributed by atoms with van der Waals surface area (Å²) in [4.78, 5) is 0. The molecule has 0 bridgehead atoms. The molecule has 0 aliphatic carbocycles. The van der Waals surface area contributed by atoms with Crippen molar-refractivity contribution in [3.63, 3.8) is 0 Å². The molecule has 3 nitrogen and oxygen atoms in total. The van der Waals surface area contributed by atoms with E-state index in [0.29, 0.717) is 6.61 Å². The zero-order valence-electron chi connectivity index (χ0n) is 12.9. The molecule has 0 aromatic rings. The maximum absolute atomic E-state index is 6.14. The van der Waals surface area contributed by atoms with Crippen LogP contribution in [0.15, 0.2) is 12.2 Å². The third kappa shape index (κ3) is 9.23. The van der Waals surface area contributed by atoms with Gasteiger partial charge in [-0.1, -0.05) is 25.5 Å². The number of ether oxygens (including phenoxy) is 1. The highest BCUT2D eigenvalue weighted by Crippen LogP contribution is 2.12. The van der Waals surface area contributed by atoms with Gasteiger partial charge in [0.05, 0.1) is 12.3 Å². The molecule has 0 N–H and O–H groups in total. The largest absolute Gasteiger partial charge is 0.440 e. The van der Waals surface area contributed by atoms with Crippen molar-refractivity contribution in [2.75, 3.05) is 6.61 Å². The molecular weight excluding hydrogens is 276 g/mol. The molecule has 108 valence electrons. The fourth-order valence-electron chi connectivity index (χ4n) is 1.58. The van der Waals surface area contributed by atoms with Crippen LogP contribution in [0, 0.1) is 0 Å². The maximum Gasteiger partial charge on any atom is 0.330 e. The molecule has 0 spiro atoms. The van der Waals surface area contributed by atoms with Gasteiger partial charge < -0.3 is 13.0 Å². The average molecular weight is 307 g/mol. The molecule has 0 amide bonds. The smallest absolute Gasteiger partial charge is 0.330 e. The molecule has 1 atom stereocenters. The summed E-state index contributed by atoms with van der Waals surface area (Å²) in [5.74, 6) is 0. The fourth-order valence-corrected chi connectivity index (χ4v) is 8.96. The highest BCUT2D eigenvalue weighted by molar-refractivity contribution is 6.68. The van der Waals surface area contributed by atoms with E-state index in [0.717, 1.165) is 18.4 Å². The molecule has 0 saturated carbocycles. The highest BCUT2D eigenvalue weighted by Gasteiger charge is 2.28. The zero-order chi connectivity index (χ0) is 14.1. The van der Waals surface area contributed by atoms with Gasteiger partial charge in [0.1, 0.15) is 0 Å². The first-order valence-electron chi connectivity index (χ1n) is 6.93. The van der Waals surface area contributed by atoms with Gasteiger partial charge in [-0.05, 0) is 39.5 Å². The van der Waals surface area contributed by atoms with Gasteiger partial charge in [-0.2, -0.15) is 0 Å². The SMILES string of the molecule is C=C(C)COC(CCC)[SiH](O[SiH](C)C)O[SiH](C)C. The first-order valence-corrected chi connectivity index (χ1v) is 14.1. The standard InChI is InChI=1S/C12H30O3Si3/c1-8-9-12(13-10-11(2)3)18(14-16(4)5)15-17(6)7/h12,16-18H,2,8-10H2,1,3-7H3. The number of hydrogen-bond acceptors (Lipinski definition) is 3. The summed E-state index contributed by atoms with van der Waals surface area (Å²) in [7, 11) is -3.80. The minimum atomic E-state index is -1.68. The summed E-state index contributed by atoms with van der Waals surface area (Å²) in [5, 5.41) is 0. The Balaban J connectivity index is 4.55. The minimum Gasteiger partial charge on any atom is -0.440 e. The lowest BCUT2D eigenvalue weighted by molar-refractivity contribution is 0.0946. The van der Waals surface area contributed by atoms with Gasteiger partial charge in [0.2, 0.25) is 0 Å². The van der Waals surface area contributed by atoms with E-state index in [9.17, 15) is 0 Å². The first-order chi connectivity index (χ1) is 8.36. The van der Waals surface area contributed by atoms with Crippen LogP contribution in [0.3, 0.4) is 0 Å². The molecule has 0 aromatic carbocycles. The second-order valence-electron chi connectivity index (χ2n) is 5.33. The Bertz CT molecular complexity index is 225. The summed E-state index contributed by atoms with van der Waals surface area (Å²) in [6.45, 7) is 17.5. The van der Waals surface area contributed by atoms with E-state index in [4.69, 9.17) is 13.0 Å². The first kappa shape index (κ1) is 18.3. The van der Waals surface area contributed by atoms with Gasteiger partial charge in [0.25, 0.3) is 0 Å². The molecule has 0 heterocycles. The predicted octanol–water partition coefficient (Wildman–Crippen LogP) is 2.51. The van der Waals surface area contributed by atoms with E-state index in [2.05, 4.69) is 39.7 Å². The summed E-state index contributed by atoms with van der Waals surface area (Å²) in [6.07, 6.45) is 2.14. The van der Waals surface area contributed by atoms with Crippen LogP contribution in [0.4, 0.5) is 0 Å². The lowest BCUT2D eigenvalue weighted by atomic mass is 10.3. The number of hydrogen-bond donors (Lipinski definition) is 0. The van der Waals surface area contributed by atoms with Crippen molar-refractivity contribution in [1.29, 1.82) is 0 Å². The molecule has 0 aromatic heterocycles. The van der Waals surface area contributed by atoms with Crippen molar-refractivity contribution >= 4 is 27.4 Å². The maximum atomic E-state index is 6.14. The molecule has 0 saturated heterocycles. The van der Waals surface area contributed by atoms with Crippen LogP contribution in [0.2, 0.25) is 26.2 Å². The van der Waals surface area contributed by atoms with Crippen molar-refractivity contribution in [1.82, 2.24) is 0 Å². The van der Waals surface area contributed by atoms with Gasteiger partial charge in [-0.25, -0.2) is 0 Å². The number of rotatable bonds is 10. The molecule has 18 heavy (non-hydrogen) atoms. The molecule has 0 fully saturated rings. The van der Waals surface area contributed by atoms with Gasteiger partial charge in [0.15, 0.2) is 18.1 Å². The van der Waals surface area contributed by atoms with E-state index in [1.54, 1.807) is 0 Å². The van der Waals surface area contributed by atoms with Gasteiger partial charge >= 0.3 is 9.28 Å². The van der Waals surface area contributed by atoms with Crippen molar-refractivity contribution in [2.24, 2.45) is 0 Å². The minimum absolute atomic E-state index is 0.177. The predicted molar refractivity (Wildman–Crippen MR) is 86.5 cm³/mol. The Labute approximate surface area is 118 Å². The van der Waals surface area contributed by atoms with Crippen molar-refractivity contribution in [2.45, 2.75) is 58.6 Å². The average Bonchev–Trinajstić information content (AvgIpc) is 2.21. The van der Waals surface area contributed by atoms with Crippen LogP contribution in [-0.2, 0) is 13.0 Å². The lowest BCUT2D eigenvalue weighted by Gasteiger charge is -2.29. The Morgan fingerprint density at radius 3 is 1.94 bits per heavy atom. The second kappa shape index (κ2) is 10.1.